The molecule has 3 amide bonds. The first-order valence-electron chi connectivity index (χ1n) is 14.4. The fourth-order valence-corrected chi connectivity index (χ4v) is 9.66. The first-order valence-corrected chi connectivity index (χ1v) is 15.2. The summed E-state index contributed by atoms with van der Waals surface area (Å²) < 4.78 is -0.891. The number of hydrogen-bond acceptors (Lipinski definition) is 5. The molecule has 1 unspecified atom stereocenters. The van der Waals surface area contributed by atoms with E-state index in [0.717, 1.165) is 12.0 Å². The van der Waals surface area contributed by atoms with Crippen molar-refractivity contribution in [2.45, 2.75) is 75.1 Å². The number of rotatable bonds is 6. The van der Waals surface area contributed by atoms with Crippen LogP contribution in [0, 0.1) is 17.3 Å². The van der Waals surface area contributed by atoms with Crippen molar-refractivity contribution < 1.29 is 19.5 Å². The Kier molecular flexibility index (Phi) is 7.49. The minimum absolute atomic E-state index is 0.0107. The van der Waals surface area contributed by atoms with E-state index in [-0.39, 0.29) is 35.0 Å². The molecule has 8 heteroatoms. The van der Waals surface area contributed by atoms with Crippen molar-refractivity contribution in [2.75, 3.05) is 26.7 Å². The summed E-state index contributed by atoms with van der Waals surface area (Å²) in [5.74, 6) is -1.60. The average Bonchev–Trinajstić information content (AvgIpc) is 3.20. The SMILES string of the molecule is CN1CC=C[C@H]2S[C@]34C=CCN(C(C)(C)CC(C)(C)C)C(=O)C3N([C@@H](CO)Cc3ccccc3)C(=O)[C@@H]4[C@H]2C1=O. The van der Waals surface area contributed by atoms with Crippen molar-refractivity contribution in [3.05, 3.63) is 60.2 Å². The van der Waals surface area contributed by atoms with Crippen LogP contribution in [0.4, 0.5) is 0 Å². The number of carbonyl (C=O) groups is 3. The summed E-state index contributed by atoms with van der Waals surface area (Å²) in [6.45, 7) is 11.4. The van der Waals surface area contributed by atoms with Gasteiger partial charge in [0, 0.05) is 30.9 Å². The van der Waals surface area contributed by atoms with Crippen LogP contribution in [0.2, 0.25) is 0 Å². The maximum atomic E-state index is 14.8. The Morgan fingerprint density at radius 1 is 1.00 bits per heavy atom. The molecule has 4 aliphatic rings. The molecule has 5 rings (SSSR count). The summed E-state index contributed by atoms with van der Waals surface area (Å²) in [4.78, 5) is 48.4. The first-order chi connectivity index (χ1) is 18.8. The van der Waals surface area contributed by atoms with Gasteiger partial charge in [-0.25, -0.2) is 0 Å². The number of hydrogen-bond donors (Lipinski definition) is 1. The third kappa shape index (κ3) is 4.81. The highest BCUT2D eigenvalue weighted by Crippen LogP contribution is 2.61. The molecule has 216 valence electrons. The summed E-state index contributed by atoms with van der Waals surface area (Å²) in [5.41, 5.74) is 0.513. The second kappa shape index (κ2) is 10.4. The Bertz CT molecular complexity index is 1220. The van der Waals surface area contributed by atoms with Crippen LogP contribution >= 0.6 is 11.8 Å². The third-order valence-electron chi connectivity index (χ3n) is 8.91. The van der Waals surface area contributed by atoms with Crippen LogP contribution in [0.1, 0.15) is 46.6 Å². The molecule has 0 saturated carbocycles. The number of nitrogens with zero attached hydrogens (tertiary/aromatic N) is 3. The fourth-order valence-electron chi connectivity index (χ4n) is 7.67. The molecule has 1 aromatic carbocycles. The molecule has 0 aliphatic carbocycles. The normalized spacial score (nSPS) is 31.2. The van der Waals surface area contributed by atoms with Gasteiger partial charge in [0.15, 0.2) is 0 Å². The lowest BCUT2D eigenvalue weighted by Crippen LogP contribution is -2.60. The highest BCUT2D eigenvalue weighted by Gasteiger charge is 2.72. The molecule has 0 bridgehead atoms. The van der Waals surface area contributed by atoms with Crippen molar-refractivity contribution in [2.24, 2.45) is 17.3 Å². The Hall–Kier alpha value is -2.58. The standard InChI is InChI=1S/C32H43N3O4S/c1-30(2,3)20-31(4,5)34-17-11-15-32-25(24-23(40-32)14-10-16-33(6)27(24)37)28(38)35(26(32)29(34)39)22(19-36)18-21-12-8-7-9-13-21/h7-15,22-26,36H,16-20H2,1-6H3/t22-,23-,24+,25+,26?,32+/m1/s1. The number of fused-ring (bicyclic) bond motifs is 2. The van der Waals surface area contributed by atoms with E-state index in [4.69, 9.17) is 0 Å². The number of carbonyl (C=O) groups excluding carboxylic acids is 3. The van der Waals surface area contributed by atoms with Crippen molar-refractivity contribution >= 4 is 29.5 Å². The van der Waals surface area contributed by atoms with Gasteiger partial charge in [0.25, 0.3) is 0 Å². The number of likely N-dealkylation sites (tertiary alicyclic amines) is 1. The quantitative estimate of drug-likeness (QED) is 0.534. The van der Waals surface area contributed by atoms with Gasteiger partial charge in [-0.05, 0) is 37.7 Å². The summed E-state index contributed by atoms with van der Waals surface area (Å²) in [6, 6.07) is 8.37. The summed E-state index contributed by atoms with van der Waals surface area (Å²) in [6.07, 6.45) is 9.36. The van der Waals surface area contributed by atoms with E-state index in [0.29, 0.717) is 19.5 Å². The Balaban J connectivity index is 1.63. The van der Waals surface area contributed by atoms with Crippen molar-refractivity contribution in [3.8, 4) is 0 Å². The molecule has 0 radical (unpaired) electrons. The van der Waals surface area contributed by atoms with Crippen LogP contribution in [-0.4, -0.2) is 91.9 Å². The number of thioether (sulfide) groups is 1. The third-order valence-corrected chi connectivity index (χ3v) is 10.7. The summed E-state index contributed by atoms with van der Waals surface area (Å²) in [5, 5.41) is 10.5. The average molecular weight is 566 g/mol. The van der Waals surface area contributed by atoms with Crippen LogP contribution in [0.3, 0.4) is 0 Å². The highest BCUT2D eigenvalue weighted by atomic mass is 32.2. The van der Waals surface area contributed by atoms with Gasteiger partial charge < -0.3 is 19.8 Å². The van der Waals surface area contributed by atoms with Crippen LogP contribution < -0.4 is 0 Å². The van der Waals surface area contributed by atoms with Crippen LogP contribution in [0.5, 0.6) is 0 Å². The lowest BCUT2D eigenvalue weighted by Gasteiger charge is -2.45. The largest absolute Gasteiger partial charge is 0.394 e. The summed E-state index contributed by atoms with van der Waals surface area (Å²) >= 11 is 1.59. The molecule has 2 fully saturated rings. The van der Waals surface area contributed by atoms with E-state index in [9.17, 15) is 19.5 Å². The minimum atomic E-state index is -0.891. The second-order valence-corrected chi connectivity index (χ2v) is 15.1. The lowest BCUT2D eigenvalue weighted by atomic mass is 9.77. The lowest BCUT2D eigenvalue weighted by molar-refractivity contribution is -0.149. The predicted octanol–water partition coefficient (Wildman–Crippen LogP) is 3.53. The van der Waals surface area contributed by atoms with Crippen molar-refractivity contribution in [3.63, 3.8) is 0 Å². The van der Waals surface area contributed by atoms with Gasteiger partial charge >= 0.3 is 0 Å². The molecule has 7 nitrogen and oxygen atoms in total. The van der Waals surface area contributed by atoms with Gasteiger partial charge in [-0.3, -0.25) is 14.4 Å². The zero-order chi connectivity index (χ0) is 29.0. The zero-order valence-corrected chi connectivity index (χ0v) is 25.4. The predicted molar refractivity (Wildman–Crippen MR) is 159 cm³/mol. The maximum absolute atomic E-state index is 14.8. The zero-order valence-electron chi connectivity index (χ0n) is 24.5. The number of amides is 3. The van der Waals surface area contributed by atoms with Crippen molar-refractivity contribution in [1.29, 1.82) is 0 Å². The van der Waals surface area contributed by atoms with Crippen LogP contribution in [0.25, 0.3) is 0 Å². The minimum Gasteiger partial charge on any atom is -0.394 e. The Morgan fingerprint density at radius 2 is 1.70 bits per heavy atom. The van der Waals surface area contributed by atoms with Gasteiger partial charge in [0.1, 0.15) is 6.04 Å². The molecular formula is C32H43N3O4S. The molecule has 4 aliphatic heterocycles. The smallest absolute Gasteiger partial charge is 0.247 e. The van der Waals surface area contributed by atoms with Gasteiger partial charge in [0.05, 0.1) is 29.2 Å². The Morgan fingerprint density at radius 3 is 2.35 bits per heavy atom. The van der Waals surface area contributed by atoms with Gasteiger partial charge in [-0.15, -0.1) is 11.8 Å². The molecule has 1 aromatic rings. The van der Waals surface area contributed by atoms with E-state index >= 15 is 0 Å². The summed E-state index contributed by atoms with van der Waals surface area (Å²) in [7, 11) is 1.77. The molecular weight excluding hydrogens is 522 g/mol. The monoisotopic (exact) mass is 565 g/mol. The van der Waals surface area contributed by atoms with E-state index in [1.54, 1.807) is 28.6 Å². The topological polar surface area (TPSA) is 81.2 Å². The number of likely N-dealkylation sites (N-methyl/N-ethyl adjacent to an activating group) is 1. The molecule has 0 aromatic heterocycles. The number of benzene rings is 1. The highest BCUT2D eigenvalue weighted by molar-refractivity contribution is 8.02. The van der Waals surface area contributed by atoms with Gasteiger partial charge in [-0.2, -0.15) is 0 Å². The van der Waals surface area contributed by atoms with E-state index < -0.39 is 34.2 Å². The van der Waals surface area contributed by atoms with Crippen LogP contribution in [0.15, 0.2) is 54.6 Å². The second-order valence-electron chi connectivity index (χ2n) is 13.7. The van der Waals surface area contributed by atoms with Gasteiger partial charge in [-0.1, -0.05) is 75.4 Å². The Labute approximate surface area is 242 Å². The molecule has 1 N–H and O–H groups in total. The van der Waals surface area contributed by atoms with E-state index in [1.165, 1.54) is 0 Å². The molecule has 2 saturated heterocycles. The maximum Gasteiger partial charge on any atom is 0.247 e. The first kappa shape index (κ1) is 28.9. The number of aliphatic hydroxyl groups is 1. The molecule has 1 spiro atoms. The van der Waals surface area contributed by atoms with E-state index in [2.05, 4.69) is 46.8 Å². The van der Waals surface area contributed by atoms with Gasteiger partial charge in [0.2, 0.25) is 17.7 Å². The molecule has 40 heavy (non-hydrogen) atoms. The molecule has 6 atom stereocenters. The van der Waals surface area contributed by atoms with E-state index in [1.807, 2.05) is 47.4 Å². The number of aliphatic hydroxyl groups excluding tert-OH is 1. The van der Waals surface area contributed by atoms with Crippen molar-refractivity contribution in [1.82, 2.24) is 14.7 Å². The molecule has 4 heterocycles. The van der Waals surface area contributed by atoms with Crippen LogP contribution in [-0.2, 0) is 20.8 Å². The fraction of sp³-hybridized carbons (Fsp3) is 0.594.